The molecule has 2 aromatic carbocycles. The van der Waals surface area contributed by atoms with Gasteiger partial charge in [0, 0.05) is 30.8 Å². The van der Waals surface area contributed by atoms with Gasteiger partial charge in [0.1, 0.15) is 6.26 Å². The van der Waals surface area contributed by atoms with Crippen molar-refractivity contribution < 1.29 is 14.4 Å². The Morgan fingerprint density at radius 3 is 2.76 bits per heavy atom. The van der Waals surface area contributed by atoms with Crippen LogP contribution in [0.2, 0.25) is 0 Å². The summed E-state index contributed by atoms with van der Waals surface area (Å²) in [6.07, 6.45) is 0.718. The number of nitrogens with one attached hydrogen (secondary N) is 1. The quantitative estimate of drug-likeness (QED) is 0.507. The fourth-order valence-electron chi connectivity index (χ4n) is 2.40. The van der Waals surface area contributed by atoms with Crippen LogP contribution in [0.5, 0.6) is 0 Å². The largest absolute Gasteiger partial charge is 0.444 e. The average molecular weight is 339 g/mol. The zero-order valence-corrected chi connectivity index (χ0v) is 13.3. The molecule has 3 rings (SSSR count). The van der Waals surface area contributed by atoms with Crippen LogP contribution in [-0.2, 0) is 6.54 Å². The van der Waals surface area contributed by atoms with Gasteiger partial charge in [-0.25, -0.2) is 4.98 Å². The minimum atomic E-state index is -0.847. The first-order chi connectivity index (χ1) is 12.1. The standard InChI is InChI=1S/C18H17N3O4/c22-17(14-7-4-8-16(9-14)21(23)24)11-19-10-15-12-25-18(20-15)13-5-2-1-3-6-13/h1-9,12,17,19,22H,10-11H2. The number of oxazole rings is 1. The molecule has 25 heavy (non-hydrogen) atoms. The zero-order chi connectivity index (χ0) is 17.6. The van der Waals surface area contributed by atoms with E-state index in [1.54, 1.807) is 18.4 Å². The van der Waals surface area contributed by atoms with E-state index in [1.807, 2.05) is 30.3 Å². The highest BCUT2D eigenvalue weighted by Gasteiger charge is 2.12. The monoisotopic (exact) mass is 339 g/mol. The van der Waals surface area contributed by atoms with E-state index in [-0.39, 0.29) is 12.2 Å². The van der Waals surface area contributed by atoms with E-state index in [1.165, 1.54) is 12.1 Å². The predicted octanol–water partition coefficient (Wildman–Crippen LogP) is 3.07. The minimum Gasteiger partial charge on any atom is -0.444 e. The van der Waals surface area contributed by atoms with Gasteiger partial charge in [-0.1, -0.05) is 30.3 Å². The molecular formula is C18H17N3O4. The maximum absolute atomic E-state index is 10.8. The van der Waals surface area contributed by atoms with Crippen LogP contribution in [0, 0.1) is 10.1 Å². The van der Waals surface area contributed by atoms with Crippen LogP contribution in [0.3, 0.4) is 0 Å². The van der Waals surface area contributed by atoms with Crippen LogP contribution >= 0.6 is 0 Å². The highest BCUT2D eigenvalue weighted by Crippen LogP contribution is 2.20. The average Bonchev–Trinajstić information content (AvgIpc) is 3.11. The van der Waals surface area contributed by atoms with E-state index in [4.69, 9.17) is 4.42 Å². The minimum absolute atomic E-state index is 0.0412. The van der Waals surface area contributed by atoms with Gasteiger partial charge in [0.2, 0.25) is 5.89 Å². The van der Waals surface area contributed by atoms with Gasteiger partial charge in [0.25, 0.3) is 5.69 Å². The molecule has 1 unspecified atom stereocenters. The van der Waals surface area contributed by atoms with Gasteiger partial charge in [-0.2, -0.15) is 0 Å². The fourth-order valence-corrected chi connectivity index (χ4v) is 2.40. The molecule has 7 nitrogen and oxygen atoms in total. The molecule has 0 saturated heterocycles. The molecule has 0 bridgehead atoms. The van der Waals surface area contributed by atoms with Crippen LogP contribution in [0.15, 0.2) is 65.3 Å². The number of hydrogen-bond donors (Lipinski definition) is 2. The van der Waals surface area contributed by atoms with Crippen molar-refractivity contribution in [3.8, 4) is 11.5 Å². The topological polar surface area (TPSA) is 101 Å². The lowest BCUT2D eigenvalue weighted by Crippen LogP contribution is -2.21. The lowest BCUT2D eigenvalue weighted by atomic mass is 10.1. The molecule has 0 radical (unpaired) electrons. The third kappa shape index (κ3) is 4.28. The molecule has 0 saturated carbocycles. The van der Waals surface area contributed by atoms with Gasteiger partial charge in [-0.3, -0.25) is 10.1 Å². The molecule has 3 aromatic rings. The molecule has 0 aliphatic carbocycles. The van der Waals surface area contributed by atoms with Crippen LogP contribution < -0.4 is 5.32 Å². The van der Waals surface area contributed by atoms with Crippen molar-refractivity contribution in [2.24, 2.45) is 0 Å². The first-order valence-electron chi connectivity index (χ1n) is 7.76. The molecule has 7 heteroatoms. The number of non-ortho nitro benzene ring substituents is 1. The number of rotatable bonds is 7. The SMILES string of the molecule is O=[N+]([O-])c1cccc(C(O)CNCc2coc(-c3ccccc3)n2)c1. The molecule has 0 aliphatic heterocycles. The molecule has 0 amide bonds. The first-order valence-corrected chi connectivity index (χ1v) is 7.76. The Morgan fingerprint density at radius 2 is 2.00 bits per heavy atom. The molecule has 0 fully saturated rings. The second-order valence-electron chi connectivity index (χ2n) is 5.51. The van der Waals surface area contributed by atoms with Crippen LogP contribution in [0.1, 0.15) is 17.4 Å². The second kappa shape index (κ2) is 7.69. The smallest absolute Gasteiger partial charge is 0.269 e. The Hall–Kier alpha value is -3.03. The van der Waals surface area contributed by atoms with Gasteiger partial charge in [-0.15, -0.1) is 0 Å². The second-order valence-corrected chi connectivity index (χ2v) is 5.51. The molecular weight excluding hydrogens is 322 g/mol. The van der Waals surface area contributed by atoms with Crippen molar-refractivity contribution in [1.82, 2.24) is 10.3 Å². The lowest BCUT2D eigenvalue weighted by molar-refractivity contribution is -0.385. The van der Waals surface area contributed by atoms with Crippen molar-refractivity contribution in [1.29, 1.82) is 0 Å². The Labute approximate surface area is 144 Å². The van der Waals surface area contributed by atoms with Crippen molar-refractivity contribution in [2.45, 2.75) is 12.6 Å². The highest BCUT2D eigenvalue weighted by atomic mass is 16.6. The zero-order valence-electron chi connectivity index (χ0n) is 13.3. The summed E-state index contributed by atoms with van der Waals surface area (Å²) in [5, 5.41) is 24.0. The first kappa shape index (κ1) is 16.8. The van der Waals surface area contributed by atoms with Gasteiger partial charge in [-0.05, 0) is 17.7 Å². The number of aliphatic hydroxyl groups is 1. The third-order valence-electron chi connectivity index (χ3n) is 3.68. The van der Waals surface area contributed by atoms with Gasteiger partial charge < -0.3 is 14.8 Å². The van der Waals surface area contributed by atoms with Gasteiger partial charge in [0.05, 0.1) is 16.7 Å². The Bertz CT molecular complexity index is 848. The number of benzene rings is 2. The highest BCUT2D eigenvalue weighted by molar-refractivity contribution is 5.52. The molecule has 0 aliphatic rings. The molecule has 1 aromatic heterocycles. The van der Waals surface area contributed by atoms with Crippen LogP contribution in [-0.4, -0.2) is 21.6 Å². The molecule has 2 N–H and O–H groups in total. The summed E-state index contributed by atoms with van der Waals surface area (Å²) in [5.41, 5.74) is 2.06. The Kier molecular flexibility index (Phi) is 5.17. The number of nitro benzene ring substituents is 1. The van der Waals surface area contributed by atoms with E-state index in [0.29, 0.717) is 23.7 Å². The van der Waals surface area contributed by atoms with Crippen LogP contribution in [0.25, 0.3) is 11.5 Å². The van der Waals surface area contributed by atoms with Crippen molar-refractivity contribution in [3.05, 3.63) is 82.2 Å². The number of nitro groups is 1. The molecule has 1 atom stereocenters. The molecule has 128 valence electrons. The normalized spacial score (nSPS) is 12.0. The Morgan fingerprint density at radius 1 is 1.20 bits per heavy atom. The van der Waals surface area contributed by atoms with Gasteiger partial charge >= 0.3 is 0 Å². The number of aromatic nitrogens is 1. The van der Waals surface area contributed by atoms with Crippen molar-refractivity contribution in [3.63, 3.8) is 0 Å². The number of aliphatic hydroxyl groups excluding tert-OH is 1. The molecule has 1 heterocycles. The van der Waals surface area contributed by atoms with E-state index >= 15 is 0 Å². The van der Waals surface area contributed by atoms with Crippen molar-refractivity contribution in [2.75, 3.05) is 6.54 Å². The third-order valence-corrected chi connectivity index (χ3v) is 3.68. The Balaban J connectivity index is 1.55. The maximum Gasteiger partial charge on any atom is 0.269 e. The summed E-state index contributed by atoms with van der Waals surface area (Å²) in [6.45, 7) is 0.664. The van der Waals surface area contributed by atoms with Crippen molar-refractivity contribution >= 4 is 5.69 Å². The summed E-state index contributed by atoms with van der Waals surface area (Å²) in [7, 11) is 0. The van der Waals surface area contributed by atoms with E-state index in [9.17, 15) is 15.2 Å². The summed E-state index contributed by atoms with van der Waals surface area (Å²) in [4.78, 5) is 14.7. The summed E-state index contributed by atoms with van der Waals surface area (Å²) >= 11 is 0. The predicted molar refractivity (Wildman–Crippen MR) is 91.7 cm³/mol. The van der Waals surface area contributed by atoms with Crippen LogP contribution in [0.4, 0.5) is 5.69 Å². The fraction of sp³-hybridized carbons (Fsp3) is 0.167. The number of hydrogen-bond acceptors (Lipinski definition) is 6. The van der Waals surface area contributed by atoms with E-state index in [0.717, 1.165) is 5.56 Å². The summed E-state index contributed by atoms with van der Waals surface area (Å²) in [6, 6.07) is 15.5. The molecule has 0 spiro atoms. The summed E-state index contributed by atoms with van der Waals surface area (Å²) in [5.74, 6) is 0.539. The number of nitrogens with zero attached hydrogens (tertiary/aromatic N) is 2. The lowest BCUT2D eigenvalue weighted by Gasteiger charge is -2.11. The summed E-state index contributed by atoms with van der Waals surface area (Å²) < 4.78 is 5.45. The van der Waals surface area contributed by atoms with Gasteiger partial charge in [0.15, 0.2) is 0 Å². The van der Waals surface area contributed by atoms with E-state index in [2.05, 4.69) is 10.3 Å². The maximum atomic E-state index is 10.8. The van der Waals surface area contributed by atoms with E-state index < -0.39 is 11.0 Å².